The third-order valence-corrected chi connectivity index (χ3v) is 6.23. The van der Waals surface area contributed by atoms with Gasteiger partial charge in [-0.3, -0.25) is 4.79 Å². The van der Waals surface area contributed by atoms with Gasteiger partial charge >= 0.3 is 6.18 Å². The first kappa shape index (κ1) is 21.0. The van der Waals surface area contributed by atoms with E-state index in [1.165, 1.54) is 19.1 Å². The van der Waals surface area contributed by atoms with Gasteiger partial charge in [0.1, 0.15) is 5.75 Å². The second-order valence-corrected chi connectivity index (χ2v) is 8.27. The highest BCUT2D eigenvalue weighted by Crippen LogP contribution is 2.45. The van der Waals surface area contributed by atoms with Gasteiger partial charge in [0.05, 0.1) is 24.2 Å². The molecule has 0 bridgehead atoms. The number of ether oxygens (including phenoxy) is 1. The minimum atomic E-state index is -4.35. The van der Waals surface area contributed by atoms with Gasteiger partial charge in [0, 0.05) is 18.5 Å². The molecule has 2 fully saturated rings. The van der Waals surface area contributed by atoms with Gasteiger partial charge in [-0.05, 0) is 62.8 Å². The van der Waals surface area contributed by atoms with Crippen LogP contribution in [0.5, 0.6) is 5.75 Å². The monoisotopic (exact) mass is 399 g/mol. The molecule has 1 aromatic carbocycles. The first-order chi connectivity index (χ1) is 13.2. The van der Waals surface area contributed by atoms with Crippen LogP contribution in [0.15, 0.2) is 18.2 Å². The van der Waals surface area contributed by atoms with Crippen LogP contribution >= 0.6 is 0 Å². The Bertz CT molecular complexity index is 699. The molecule has 1 aliphatic heterocycles. The second kappa shape index (κ2) is 7.93. The Morgan fingerprint density at radius 2 is 1.96 bits per heavy atom. The molecule has 1 atom stereocenters. The minimum Gasteiger partial charge on any atom is -0.490 e. The number of aliphatic hydroxyl groups excluding tert-OH is 1. The van der Waals surface area contributed by atoms with Crippen LogP contribution < -0.4 is 4.74 Å². The number of carbonyl (C=O) groups excluding carboxylic acids is 1. The molecular formula is C21H28F3NO3. The largest absolute Gasteiger partial charge is 0.490 e. The van der Waals surface area contributed by atoms with Crippen LogP contribution in [0.2, 0.25) is 0 Å². The van der Waals surface area contributed by atoms with Crippen molar-refractivity contribution >= 4 is 5.91 Å². The fourth-order valence-electron chi connectivity index (χ4n) is 4.42. The van der Waals surface area contributed by atoms with Gasteiger partial charge in [-0.15, -0.1) is 0 Å². The molecule has 3 rings (SSSR count). The van der Waals surface area contributed by atoms with Crippen LogP contribution in [0.3, 0.4) is 0 Å². The molecule has 1 N–H and O–H groups in total. The van der Waals surface area contributed by atoms with Crippen molar-refractivity contribution in [1.29, 1.82) is 0 Å². The molecule has 156 valence electrons. The lowest BCUT2D eigenvalue weighted by molar-refractivity contribution is -0.152. The SMILES string of the molecule is CC[C@H](CO)C(=O)N1CC2(CCC(Oc3ccc(C(F)(F)F)c(C)c3)CC2)C1. The van der Waals surface area contributed by atoms with E-state index in [0.717, 1.165) is 44.8 Å². The maximum atomic E-state index is 12.9. The highest BCUT2D eigenvalue weighted by Gasteiger charge is 2.48. The summed E-state index contributed by atoms with van der Waals surface area (Å²) in [7, 11) is 0. The topological polar surface area (TPSA) is 49.8 Å². The zero-order valence-electron chi connectivity index (χ0n) is 16.4. The zero-order chi connectivity index (χ0) is 20.5. The van der Waals surface area contributed by atoms with Crippen molar-refractivity contribution in [2.24, 2.45) is 11.3 Å². The lowest BCUT2D eigenvalue weighted by Crippen LogP contribution is -2.61. The van der Waals surface area contributed by atoms with Crippen LogP contribution in [-0.2, 0) is 11.0 Å². The number of aliphatic hydroxyl groups is 1. The summed E-state index contributed by atoms with van der Waals surface area (Å²) >= 11 is 0. The molecule has 1 spiro atoms. The molecule has 1 aromatic rings. The normalized spacial score (nSPS) is 20.7. The number of hydrogen-bond donors (Lipinski definition) is 1. The van der Waals surface area contributed by atoms with Crippen molar-refractivity contribution in [3.05, 3.63) is 29.3 Å². The molecule has 7 heteroatoms. The van der Waals surface area contributed by atoms with Crippen molar-refractivity contribution in [2.75, 3.05) is 19.7 Å². The molecule has 2 aliphatic rings. The van der Waals surface area contributed by atoms with E-state index in [9.17, 15) is 23.1 Å². The second-order valence-electron chi connectivity index (χ2n) is 8.27. The van der Waals surface area contributed by atoms with Crippen LogP contribution in [0, 0.1) is 18.3 Å². The van der Waals surface area contributed by atoms with E-state index in [-0.39, 0.29) is 35.5 Å². The number of halogens is 3. The summed E-state index contributed by atoms with van der Waals surface area (Å²) in [6.07, 6.45) is -0.166. The Morgan fingerprint density at radius 3 is 2.46 bits per heavy atom. The van der Waals surface area contributed by atoms with Crippen molar-refractivity contribution in [3.63, 3.8) is 0 Å². The summed E-state index contributed by atoms with van der Waals surface area (Å²) in [6.45, 7) is 4.70. The molecule has 1 heterocycles. The predicted octanol–water partition coefficient (Wildman–Crippen LogP) is 4.18. The molecule has 1 saturated heterocycles. The third-order valence-electron chi connectivity index (χ3n) is 6.23. The van der Waals surface area contributed by atoms with E-state index >= 15 is 0 Å². The Morgan fingerprint density at radius 1 is 1.32 bits per heavy atom. The molecule has 0 aromatic heterocycles. The summed E-state index contributed by atoms with van der Waals surface area (Å²) in [6, 6.07) is 3.93. The first-order valence-electron chi connectivity index (χ1n) is 9.91. The summed E-state index contributed by atoms with van der Waals surface area (Å²) < 4.78 is 44.5. The predicted molar refractivity (Wildman–Crippen MR) is 98.9 cm³/mol. The van der Waals surface area contributed by atoms with Gasteiger partial charge in [0.25, 0.3) is 0 Å². The Balaban J connectivity index is 1.50. The average Bonchev–Trinajstić information content (AvgIpc) is 2.60. The van der Waals surface area contributed by atoms with E-state index in [1.54, 1.807) is 0 Å². The molecule has 1 amide bonds. The van der Waals surface area contributed by atoms with Crippen molar-refractivity contribution in [3.8, 4) is 5.75 Å². The Kier molecular flexibility index (Phi) is 5.94. The average molecular weight is 399 g/mol. The Hall–Kier alpha value is -1.76. The summed E-state index contributed by atoms with van der Waals surface area (Å²) in [5.74, 6) is 0.208. The van der Waals surface area contributed by atoms with Crippen LogP contribution in [0.25, 0.3) is 0 Å². The highest BCUT2D eigenvalue weighted by atomic mass is 19.4. The van der Waals surface area contributed by atoms with E-state index in [4.69, 9.17) is 4.74 Å². The van der Waals surface area contributed by atoms with E-state index in [2.05, 4.69) is 0 Å². The van der Waals surface area contributed by atoms with Gasteiger partial charge in [0.2, 0.25) is 5.91 Å². The number of likely N-dealkylation sites (tertiary alicyclic amines) is 1. The fourth-order valence-corrected chi connectivity index (χ4v) is 4.42. The van der Waals surface area contributed by atoms with E-state index < -0.39 is 11.7 Å². The van der Waals surface area contributed by atoms with Gasteiger partial charge in [-0.1, -0.05) is 6.92 Å². The van der Waals surface area contributed by atoms with Crippen LogP contribution in [0.1, 0.15) is 50.2 Å². The van der Waals surface area contributed by atoms with Crippen molar-refractivity contribution in [2.45, 2.75) is 58.2 Å². The minimum absolute atomic E-state index is 0.00709. The third kappa shape index (κ3) is 4.29. The molecule has 0 unspecified atom stereocenters. The van der Waals surface area contributed by atoms with Gasteiger partial charge in [-0.2, -0.15) is 13.2 Å². The van der Waals surface area contributed by atoms with Gasteiger partial charge in [0.15, 0.2) is 0 Å². The number of aryl methyl sites for hydroxylation is 1. The van der Waals surface area contributed by atoms with Crippen LogP contribution in [-0.4, -0.2) is 41.7 Å². The van der Waals surface area contributed by atoms with Crippen molar-refractivity contribution in [1.82, 2.24) is 4.90 Å². The van der Waals surface area contributed by atoms with Crippen molar-refractivity contribution < 1.29 is 27.8 Å². The quantitative estimate of drug-likeness (QED) is 0.808. The summed E-state index contributed by atoms with van der Waals surface area (Å²) in [4.78, 5) is 14.1. The number of benzene rings is 1. The summed E-state index contributed by atoms with van der Waals surface area (Å²) in [5.41, 5.74) is -0.325. The fraction of sp³-hybridized carbons (Fsp3) is 0.667. The standard InChI is InChI=1S/C21H28F3NO3/c1-3-15(11-26)19(27)25-12-20(13-25)8-6-16(7-9-20)28-17-4-5-18(14(2)10-17)21(22,23)24/h4-5,10,15-16,26H,3,6-9,11-13H2,1-2H3/t15-/m1/s1. The first-order valence-corrected chi connectivity index (χ1v) is 9.91. The van der Waals surface area contributed by atoms with Gasteiger partial charge in [-0.25, -0.2) is 0 Å². The number of alkyl halides is 3. The maximum Gasteiger partial charge on any atom is 0.416 e. The van der Waals surface area contributed by atoms with Gasteiger partial charge < -0.3 is 14.7 Å². The molecular weight excluding hydrogens is 371 g/mol. The molecule has 4 nitrogen and oxygen atoms in total. The highest BCUT2D eigenvalue weighted by molar-refractivity contribution is 5.80. The zero-order valence-corrected chi connectivity index (χ0v) is 16.4. The van der Waals surface area contributed by atoms with E-state index in [0.29, 0.717) is 12.2 Å². The van der Waals surface area contributed by atoms with E-state index in [1.807, 2.05) is 11.8 Å². The van der Waals surface area contributed by atoms with Crippen LogP contribution in [0.4, 0.5) is 13.2 Å². The lowest BCUT2D eigenvalue weighted by Gasteiger charge is -2.54. The smallest absolute Gasteiger partial charge is 0.416 e. The molecule has 0 radical (unpaired) electrons. The maximum absolute atomic E-state index is 12.9. The summed E-state index contributed by atoms with van der Waals surface area (Å²) in [5, 5.41) is 9.30. The molecule has 28 heavy (non-hydrogen) atoms. The molecule has 1 aliphatic carbocycles. The number of carbonyl (C=O) groups is 1. The lowest BCUT2D eigenvalue weighted by atomic mass is 9.67. The number of rotatable bonds is 5. The molecule has 1 saturated carbocycles. The number of amides is 1. The number of nitrogens with zero attached hydrogens (tertiary/aromatic N) is 1. The number of hydrogen-bond acceptors (Lipinski definition) is 3. The Labute approximate surface area is 163 Å².